The van der Waals surface area contributed by atoms with Gasteiger partial charge in [-0.2, -0.15) is 17.5 Å². The number of rotatable bonds is 7. The summed E-state index contributed by atoms with van der Waals surface area (Å²) in [4.78, 5) is 20.8. The highest BCUT2D eigenvalue weighted by atomic mass is 32.2. The Morgan fingerprint density at radius 3 is 2.59 bits per heavy atom. The number of furan rings is 1. The number of Topliss-reactive ketones (excluding diaryl/α,β-unsaturated/α-hetero) is 1. The number of alkyl halides is 3. The number of ketones is 1. The smallest absolute Gasteiger partial charge is 0.433 e. The molecule has 1 fully saturated rings. The molecule has 0 bridgehead atoms. The molecule has 11 heteroatoms. The third-order valence-electron chi connectivity index (χ3n) is 6.37. The molecule has 0 aliphatic carbocycles. The van der Waals surface area contributed by atoms with E-state index in [1.54, 1.807) is 36.4 Å². The van der Waals surface area contributed by atoms with Crippen LogP contribution in [0.15, 0.2) is 76.5 Å². The summed E-state index contributed by atoms with van der Waals surface area (Å²) < 4.78 is 71.7. The second-order valence-electron chi connectivity index (χ2n) is 8.81. The molecule has 5 rings (SSSR count). The predicted octanol–water partition coefficient (Wildman–Crippen LogP) is 5.26. The van der Waals surface area contributed by atoms with Gasteiger partial charge < -0.3 is 4.42 Å². The quantitative estimate of drug-likeness (QED) is 0.324. The zero-order valence-corrected chi connectivity index (χ0v) is 20.3. The van der Waals surface area contributed by atoms with Gasteiger partial charge in [0.25, 0.3) is 10.0 Å². The molecule has 7 nitrogen and oxygen atoms in total. The van der Waals surface area contributed by atoms with E-state index in [0.717, 1.165) is 12.3 Å². The van der Waals surface area contributed by atoms with Crippen molar-refractivity contribution in [3.63, 3.8) is 0 Å². The summed E-state index contributed by atoms with van der Waals surface area (Å²) >= 11 is 0. The van der Waals surface area contributed by atoms with Crippen molar-refractivity contribution in [2.45, 2.75) is 43.0 Å². The molecule has 1 atom stereocenters. The van der Waals surface area contributed by atoms with Gasteiger partial charge in [0.05, 0.1) is 6.04 Å². The lowest BCUT2D eigenvalue weighted by Gasteiger charge is -2.21. The summed E-state index contributed by atoms with van der Waals surface area (Å²) in [5, 5.41) is 0.477. The van der Waals surface area contributed by atoms with Crippen molar-refractivity contribution in [3.05, 3.63) is 78.4 Å². The molecule has 1 unspecified atom stereocenters. The number of hydrogen-bond acceptors (Lipinski definition) is 6. The highest BCUT2D eigenvalue weighted by Crippen LogP contribution is 2.32. The van der Waals surface area contributed by atoms with Gasteiger partial charge in [0.2, 0.25) is 5.09 Å². The van der Waals surface area contributed by atoms with E-state index in [0.29, 0.717) is 40.6 Å². The van der Waals surface area contributed by atoms with Crippen LogP contribution in [0.3, 0.4) is 0 Å². The van der Waals surface area contributed by atoms with Gasteiger partial charge in [-0.25, -0.2) is 8.42 Å². The molecule has 1 saturated heterocycles. The summed E-state index contributed by atoms with van der Waals surface area (Å²) in [6.07, 6.45) is -0.552. The highest BCUT2D eigenvalue weighted by molar-refractivity contribution is 7.89. The first-order chi connectivity index (χ1) is 17.6. The van der Waals surface area contributed by atoms with Gasteiger partial charge >= 0.3 is 6.18 Å². The van der Waals surface area contributed by atoms with E-state index < -0.39 is 27.9 Å². The zero-order chi connectivity index (χ0) is 26.2. The number of halogens is 3. The fourth-order valence-corrected chi connectivity index (χ4v) is 6.12. The molecule has 1 aliphatic heterocycles. The molecule has 4 heterocycles. The van der Waals surface area contributed by atoms with Crippen LogP contribution in [0.4, 0.5) is 13.2 Å². The number of para-hydroxylation sites is 1. The number of aromatic nitrogens is 2. The molecule has 0 N–H and O–H groups in total. The van der Waals surface area contributed by atoms with Gasteiger partial charge in [0.15, 0.2) is 5.78 Å². The highest BCUT2D eigenvalue weighted by Gasteiger charge is 2.40. The Morgan fingerprint density at radius 1 is 1.05 bits per heavy atom. The summed E-state index contributed by atoms with van der Waals surface area (Å²) in [5.41, 5.74) is 1.15. The van der Waals surface area contributed by atoms with Crippen molar-refractivity contribution in [2.75, 3.05) is 6.54 Å². The zero-order valence-electron chi connectivity index (χ0n) is 19.5. The van der Waals surface area contributed by atoms with Crippen molar-refractivity contribution in [2.24, 2.45) is 0 Å². The molecule has 1 aliphatic rings. The first kappa shape index (κ1) is 25.1. The third kappa shape index (κ3) is 5.14. The molecule has 0 saturated carbocycles. The summed E-state index contributed by atoms with van der Waals surface area (Å²) in [7, 11) is -3.99. The first-order valence-corrected chi connectivity index (χ1v) is 13.1. The Labute approximate surface area is 211 Å². The van der Waals surface area contributed by atoms with Crippen LogP contribution in [0.1, 0.15) is 30.7 Å². The number of benzene rings is 1. The normalized spacial score (nSPS) is 16.9. The predicted molar refractivity (Wildman–Crippen MR) is 129 cm³/mol. The van der Waals surface area contributed by atoms with Crippen LogP contribution in [-0.4, -0.2) is 41.1 Å². The molecular formula is C26H22F3N3O4S. The SMILES string of the molecule is O=C(CCc1cc(-c2ccc(C(F)(F)F)nc2)ccn1)C1CCCN1S(=O)(=O)c1cc2ccccc2o1. The van der Waals surface area contributed by atoms with Gasteiger partial charge in [0, 0.05) is 48.1 Å². The summed E-state index contributed by atoms with van der Waals surface area (Å²) in [5.74, 6) is -0.222. The molecule has 3 aromatic heterocycles. The van der Waals surface area contributed by atoms with Crippen LogP contribution in [0, 0.1) is 0 Å². The van der Waals surface area contributed by atoms with Crippen LogP contribution in [0.2, 0.25) is 0 Å². The van der Waals surface area contributed by atoms with Gasteiger partial charge in [-0.1, -0.05) is 24.3 Å². The second kappa shape index (κ2) is 9.71. The number of fused-ring (bicyclic) bond motifs is 1. The average molecular weight is 530 g/mol. The third-order valence-corrected chi connectivity index (χ3v) is 8.14. The van der Waals surface area contributed by atoms with Crippen LogP contribution < -0.4 is 0 Å². The van der Waals surface area contributed by atoms with E-state index in [2.05, 4.69) is 9.97 Å². The molecule has 1 aromatic carbocycles. The van der Waals surface area contributed by atoms with Crippen molar-refractivity contribution >= 4 is 26.8 Å². The maximum absolute atomic E-state index is 13.3. The molecule has 0 spiro atoms. The molecule has 0 radical (unpaired) electrons. The fourth-order valence-electron chi connectivity index (χ4n) is 4.49. The Bertz CT molecular complexity index is 1520. The standard InChI is InChI=1S/C26H22F3N3O4S/c27-26(28,29)24-10-7-19(16-31-24)17-11-12-30-20(14-17)8-9-22(33)21-5-3-13-32(21)37(34,35)25-15-18-4-1-2-6-23(18)36-25/h1-2,4,6-7,10-12,14-16,21H,3,5,8-9,13H2. The maximum Gasteiger partial charge on any atom is 0.433 e. The Balaban J connectivity index is 1.28. The van der Waals surface area contributed by atoms with Crippen molar-refractivity contribution in [3.8, 4) is 11.1 Å². The average Bonchev–Trinajstić information content (AvgIpc) is 3.55. The minimum absolute atomic E-state index is 0.0680. The Morgan fingerprint density at radius 2 is 1.86 bits per heavy atom. The number of carbonyl (C=O) groups is 1. The van der Waals surface area contributed by atoms with E-state index in [4.69, 9.17) is 4.42 Å². The first-order valence-electron chi connectivity index (χ1n) is 11.6. The number of aryl methyl sites for hydroxylation is 1. The molecule has 0 amide bonds. The number of pyridine rings is 2. The van der Waals surface area contributed by atoms with Crippen molar-refractivity contribution < 1.29 is 30.8 Å². The summed E-state index contributed by atoms with van der Waals surface area (Å²) in [6, 6.07) is 13.2. The number of nitrogens with zero attached hydrogens (tertiary/aromatic N) is 3. The molecular weight excluding hydrogens is 507 g/mol. The van der Waals surface area contributed by atoms with E-state index in [1.165, 1.54) is 22.6 Å². The Hall–Kier alpha value is -3.57. The van der Waals surface area contributed by atoms with Gasteiger partial charge in [0.1, 0.15) is 11.3 Å². The van der Waals surface area contributed by atoms with Gasteiger partial charge in [-0.15, -0.1) is 0 Å². The van der Waals surface area contributed by atoms with E-state index >= 15 is 0 Å². The largest absolute Gasteiger partial charge is 0.443 e. The van der Waals surface area contributed by atoms with Gasteiger partial charge in [-0.3, -0.25) is 14.8 Å². The fraction of sp³-hybridized carbons (Fsp3) is 0.269. The van der Waals surface area contributed by atoms with Crippen LogP contribution in [0.25, 0.3) is 22.1 Å². The lowest BCUT2D eigenvalue weighted by molar-refractivity contribution is -0.141. The molecule has 4 aromatic rings. The Kier molecular flexibility index (Phi) is 6.59. The summed E-state index contributed by atoms with van der Waals surface area (Å²) in [6.45, 7) is 0.227. The monoisotopic (exact) mass is 529 g/mol. The minimum atomic E-state index is -4.52. The number of hydrogen-bond donors (Lipinski definition) is 0. The van der Waals surface area contributed by atoms with Crippen LogP contribution >= 0.6 is 0 Å². The second-order valence-corrected chi connectivity index (χ2v) is 10.6. The topological polar surface area (TPSA) is 93.4 Å². The van der Waals surface area contributed by atoms with E-state index in [1.807, 2.05) is 0 Å². The van der Waals surface area contributed by atoms with Crippen molar-refractivity contribution in [1.29, 1.82) is 0 Å². The van der Waals surface area contributed by atoms with E-state index in [-0.39, 0.29) is 30.3 Å². The number of carbonyl (C=O) groups excluding carboxylic acids is 1. The van der Waals surface area contributed by atoms with Crippen LogP contribution in [0.5, 0.6) is 0 Å². The molecule has 192 valence electrons. The van der Waals surface area contributed by atoms with Crippen LogP contribution in [-0.2, 0) is 27.4 Å². The minimum Gasteiger partial charge on any atom is -0.443 e. The van der Waals surface area contributed by atoms with E-state index in [9.17, 15) is 26.4 Å². The van der Waals surface area contributed by atoms with Gasteiger partial charge in [-0.05, 0) is 49.1 Å². The lowest BCUT2D eigenvalue weighted by atomic mass is 10.0. The number of sulfonamides is 1. The molecule has 37 heavy (non-hydrogen) atoms. The van der Waals surface area contributed by atoms with Crippen molar-refractivity contribution in [1.82, 2.24) is 14.3 Å². The lowest BCUT2D eigenvalue weighted by Crippen LogP contribution is -2.40. The maximum atomic E-state index is 13.3.